The quantitative estimate of drug-likeness (QED) is 0.694. The van der Waals surface area contributed by atoms with E-state index in [0.29, 0.717) is 23.8 Å². The van der Waals surface area contributed by atoms with Crippen molar-refractivity contribution in [2.24, 2.45) is 11.8 Å². The lowest BCUT2D eigenvalue weighted by Gasteiger charge is -2.39. The molecule has 0 unspecified atom stereocenters. The third kappa shape index (κ3) is 3.90. The molecule has 2 saturated heterocycles. The lowest BCUT2D eigenvalue weighted by Crippen LogP contribution is -2.48. The van der Waals surface area contributed by atoms with Gasteiger partial charge in [-0.2, -0.15) is 11.3 Å². The Morgan fingerprint density at radius 2 is 1.90 bits per heavy atom. The van der Waals surface area contributed by atoms with Crippen molar-refractivity contribution in [3.05, 3.63) is 52.2 Å². The van der Waals surface area contributed by atoms with E-state index in [2.05, 4.69) is 38.8 Å². The molecule has 0 N–H and O–H groups in total. The van der Waals surface area contributed by atoms with Crippen molar-refractivity contribution >= 4 is 17.2 Å². The first-order valence-corrected chi connectivity index (χ1v) is 12.3. The van der Waals surface area contributed by atoms with Gasteiger partial charge >= 0.3 is 0 Å². The van der Waals surface area contributed by atoms with E-state index in [1.807, 2.05) is 12.1 Å². The number of nitrogens with zero attached hydrogens (tertiary/aromatic N) is 2. The first kappa shape index (κ1) is 20.1. The number of ether oxygens (including phenoxy) is 1. The van der Waals surface area contributed by atoms with Crippen molar-refractivity contribution in [3.8, 4) is 5.75 Å². The van der Waals surface area contributed by atoms with E-state index in [1.165, 1.54) is 24.0 Å². The zero-order chi connectivity index (χ0) is 20.5. The van der Waals surface area contributed by atoms with Gasteiger partial charge in [-0.3, -0.25) is 9.69 Å². The lowest BCUT2D eigenvalue weighted by atomic mass is 9.82. The summed E-state index contributed by atoms with van der Waals surface area (Å²) in [6, 6.07) is 11.1. The van der Waals surface area contributed by atoms with Gasteiger partial charge in [-0.05, 0) is 59.3 Å². The van der Waals surface area contributed by atoms with E-state index in [-0.39, 0.29) is 5.92 Å². The largest absolute Gasteiger partial charge is 0.497 e. The summed E-state index contributed by atoms with van der Waals surface area (Å²) in [5.41, 5.74) is 2.77. The van der Waals surface area contributed by atoms with Crippen molar-refractivity contribution in [1.29, 1.82) is 0 Å². The minimum absolute atomic E-state index is 0.282. The average molecular weight is 425 g/mol. The molecule has 3 atom stereocenters. The fourth-order valence-electron chi connectivity index (χ4n) is 5.94. The van der Waals surface area contributed by atoms with Crippen LogP contribution >= 0.6 is 11.3 Å². The number of likely N-dealkylation sites (tertiary alicyclic amines) is 2. The molecule has 1 aromatic carbocycles. The van der Waals surface area contributed by atoms with Gasteiger partial charge in [0, 0.05) is 50.0 Å². The zero-order valence-electron chi connectivity index (χ0n) is 17.8. The monoisotopic (exact) mass is 424 g/mol. The Morgan fingerprint density at radius 1 is 1.10 bits per heavy atom. The number of rotatable bonds is 5. The molecule has 3 aliphatic rings. The number of carbonyl (C=O) groups is 1. The summed E-state index contributed by atoms with van der Waals surface area (Å²) in [4.78, 5) is 18.2. The fourth-order valence-corrected chi connectivity index (χ4v) is 6.66. The maximum Gasteiger partial charge on any atom is 0.225 e. The van der Waals surface area contributed by atoms with Crippen molar-refractivity contribution < 1.29 is 9.53 Å². The molecule has 160 valence electrons. The average Bonchev–Trinajstić information content (AvgIpc) is 3.54. The summed E-state index contributed by atoms with van der Waals surface area (Å²) in [7, 11) is 1.71. The van der Waals surface area contributed by atoms with E-state index in [0.717, 1.165) is 51.2 Å². The topological polar surface area (TPSA) is 32.8 Å². The van der Waals surface area contributed by atoms with Crippen LogP contribution in [0.4, 0.5) is 0 Å². The van der Waals surface area contributed by atoms with Crippen LogP contribution in [0.2, 0.25) is 0 Å². The third-order valence-electron chi connectivity index (χ3n) is 7.54. The molecule has 1 saturated carbocycles. The summed E-state index contributed by atoms with van der Waals surface area (Å²) in [6.07, 6.45) is 5.74. The van der Waals surface area contributed by atoms with Gasteiger partial charge in [0.1, 0.15) is 5.75 Å². The molecule has 2 aromatic rings. The van der Waals surface area contributed by atoms with Crippen LogP contribution in [0.15, 0.2) is 41.1 Å². The number of methoxy groups -OCH3 is 1. The molecule has 1 aromatic heterocycles. The number of hydrogen-bond acceptors (Lipinski definition) is 4. The second-order valence-electron chi connectivity index (χ2n) is 9.24. The molecular formula is C25H32N2O2S. The molecule has 4 nitrogen and oxygen atoms in total. The van der Waals surface area contributed by atoms with Crippen LogP contribution in [0, 0.1) is 11.8 Å². The molecule has 1 aliphatic carbocycles. The van der Waals surface area contributed by atoms with Crippen molar-refractivity contribution in [3.63, 3.8) is 0 Å². The Morgan fingerprint density at radius 3 is 2.60 bits per heavy atom. The van der Waals surface area contributed by atoms with Gasteiger partial charge in [0.15, 0.2) is 0 Å². The number of benzene rings is 1. The van der Waals surface area contributed by atoms with Crippen LogP contribution in [0.1, 0.15) is 49.1 Å². The first-order chi connectivity index (χ1) is 14.7. The smallest absolute Gasteiger partial charge is 0.225 e. The van der Waals surface area contributed by atoms with Crippen LogP contribution in [-0.4, -0.2) is 48.5 Å². The second-order valence-corrected chi connectivity index (χ2v) is 10.0. The van der Waals surface area contributed by atoms with Crippen LogP contribution in [0.25, 0.3) is 0 Å². The molecule has 3 fully saturated rings. The predicted molar refractivity (Wildman–Crippen MR) is 121 cm³/mol. The molecule has 0 spiro atoms. The highest BCUT2D eigenvalue weighted by Gasteiger charge is 2.48. The highest BCUT2D eigenvalue weighted by Crippen LogP contribution is 2.43. The summed E-state index contributed by atoms with van der Waals surface area (Å²) in [6.45, 7) is 4.03. The maximum atomic E-state index is 13.4. The summed E-state index contributed by atoms with van der Waals surface area (Å²) < 4.78 is 5.30. The molecule has 30 heavy (non-hydrogen) atoms. The van der Waals surface area contributed by atoms with E-state index < -0.39 is 0 Å². The number of thiophene rings is 1. The first-order valence-electron chi connectivity index (χ1n) is 11.4. The van der Waals surface area contributed by atoms with Gasteiger partial charge in [0.2, 0.25) is 5.91 Å². The number of carbonyl (C=O) groups excluding carboxylic acids is 1. The normalized spacial score (nSPS) is 27.4. The summed E-state index contributed by atoms with van der Waals surface area (Å²) >= 11 is 1.78. The fraction of sp³-hybridized carbons (Fsp3) is 0.560. The highest BCUT2D eigenvalue weighted by atomic mass is 32.1. The predicted octanol–water partition coefficient (Wildman–Crippen LogP) is 4.76. The van der Waals surface area contributed by atoms with Crippen LogP contribution < -0.4 is 4.74 Å². The van der Waals surface area contributed by atoms with Gasteiger partial charge in [-0.25, -0.2) is 0 Å². The van der Waals surface area contributed by atoms with Crippen molar-refractivity contribution in [1.82, 2.24) is 9.80 Å². The standard InChI is InChI=1S/C25H32N2O2S/c1-29-21-8-6-18(7-9-21)14-26-12-10-24-23(15-26)22(20-11-13-30-17-20)16-27(24)25(28)19-4-2-3-5-19/h6-9,11,13,17,19,22-24H,2-5,10,12,14-16H2,1H3/t22-,23-,24-/m0/s1. The minimum atomic E-state index is 0.282. The van der Waals surface area contributed by atoms with E-state index in [1.54, 1.807) is 18.4 Å². The molecule has 1 amide bonds. The SMILES string of the molecule is COc1ccc(CN2CC[C@H]3[C@@H](C2)[C@H](c2ccsc2)CN3C(=O)C2CCCC2)cc1. The minimum Gasteiger partial charge on any atom is -0.497 e. The second kappa shape index (κ2) is 8.72. The number of piperidine rings is 1. The lowest BCUT2D eigenvalue weighted by molar-refractivity contribution is -0.137. The van der Waals surface area contributed by atoms with E-state index in [4.69, 9.17) is 4.74 Å². The number of fused-ring (bicyclic) bond motifs is 1. The Bertz CT molecular complexity index is 845. The third-order valence-corrected chi connectivity index (χ3v) is 8.24. The Hall–Kier alpha value is -1.85. The van der Waals surface area contributed by atoms with Crippen LogP contribution in [0.3, 0.4) is 0 Å². The van der Waals surface area contributed by atoms with Crippen molar-refractivity contribution in [2.45, 2.75) is 50.6 Å². The zero-order valence-corrected chi connectivity index (χ0v) is 18.7. The summed E-state index contributed by atoms with van der Waals surface area (Å²) in [5.74, 6) is 2.65. The van der Waals surface area contributed by atoms with Crippen LogP contribution in [-0.2, 0) is 11.3 Å². The van der Waals surface area contributed by atoms with Gasteiger partial charge in [0.25, 0.3) is 0 Å². The van der Waals surface area contributed by atoms with Gasteiger partial charge in [0.05, 0.1) is 7.11 Å². The molecule has 5 heteroatoms. The number of hydrogen-bond donors (Lipinski definition) is 0. The van der Waals surface area contributed by atoms with E-state index in [9.17, 15) is 4.79 Å². The Balaban J connectivity index is 1.33. The molecule has 0 radical (unpaired) electrons. The molecular weight excluding hydrogens is 392 g/mol. The highest BCUT2D eigenvalue weighted by molar-refractivity contribution is 7.08. The summed E-state index contributed by atoms with van der Waals surface area (Å²) in [5, 5.41) is 4.48. The Labute approximate surface area is 183 Å². The molecule has 3 heterocycles. The van der Waals surface area contributed by atoms with Gasteiger partial charge in [-0.15, -0.1) is 0 Å². The van der Waals surface area contributed by atoms with E-state index >= 15 is 0 Å². The maximum absolute atomic E-state index is 13.4. The molecule has 0 bridgehead atoms. The molecule has 2 aliphatic heterocycles. The van der Waals surface area contributed by atoms with Gasteiger partial charge in [-0.1, -0.05) is 25.0 Å². The van der Waals surface area contributed by atoms with Crippen LogP contribution in [0.5, 0.6) is 5.75 Å². The number of amides is 1. The Kier molecular flexibility index (Phi) is 5.83. The molecule has 5 rings (SSSR count). The van der Waals surface area contributed by atoms with Gasteiger partial charge < -0.3 is 9.64 Å². The van der Waals surface area contributed by atoms with Crippen molar-refractivity contribution in [2.75, 3.05) is 26.7 Å².